The van der Waals surface area contributed by atoms with Gasteiger partial charge in [-0.3, -0.25) is 9.69 Å². The molecule has 2 aromatic rings. The largest absolute Gasteiger partial charge is 0.490 e. The van der Waals surface area contributed by atoms with Crippen LogP contribution < -0.4 is 14.8 Å². The van der Waals surface area contributed by atoms with E-state index in [1.165, 1.54) is 6.07 Å². The Labute approximate surface area is 166 Å². The van der Waals surface area contributed by atoms with Crippen LogP contribution in [0.2, 0.25) is 0 Å². The van der Waals surface area contributed by atoms with Crippen LogP contribution in [0.4, 0.5) is 23.2 Å². The van der Waals surface area contributed by atoms with Crippen molar-refractivity contribution < 1.29 is 31.8 Å². The van der Waals surface area contributed by atoms with E-state index in [9.17, 15) is 22.4 Å². The van der Waals surface area contributed by atoms with Crippen molar-refractivity contribution in [3.8, 4) is 11.5 Å². The second kappa shape index (κ2) is 10.1. The van der Waals surface area contributed by atoms with Gasteiger partial charge >= 0.3 is 6.61 Å². The van der Waals surface area contributed by atoms with Gasteiger partial charge in [0.2, 0.25) is 5.91 Å². The van der Waals surface area contributed by atoms with E-state index >= 15 is 0 Å². The molecule has 1 amide bonds. The molecule has 2 rings (SSSR count). The Bertz CT molecular complexity index is 848. The van der Waals surface area contributed by atoms with Gasteiger partial charge in [-0.2, -0.15) is 8.78 Å². The van der Waals surface area contributed by atoms with Gasteiger partial charge in [0, 0.05) is 12.6 Å². The number of ether oxygens (including phenoxy) is 2. The number of carbonyl (C=O) groups excluding carboxylic acids is 1. The Morgan fingerprint density at radius 1 is 1.14 bits per heavy atom. The number of hydrogen-bond donors (Lipinski definition) is 1. The SMILES string of the molecule is CCOc1cc(CN(C)C(C)C(=O)Nc2ccc(F)cc2F)ccc1OC(F)F. The normalized spacial score (nSPS) is 12.2. The molecule has 0 radical (unpaired) electrons. The van der Waals surface area contributed by atoms with Crippen molar-refractivity contribution in [2.24, 2.45) is 0 Å². The molecule has 1 unspecified atom stereocenters. The first-order valence-corrected chi connectivity index (χ1v) is 8.88. The minimum Gasteiger partial charge on any atom is -0.490 e. The van der Waals surface area contributed by atoms with Gasteiger partial charge in [0.1, 0.15) is 11.6 Å². The monoisotopic (exact) mass is 414 g/mol. The summed E-state index contributed by atoms with van der Waals surface area (Å²) in [5.41, 5.74) is 0.578. The van der Waals surface area contributed by atoms with Crippen molar-refractivity contribution in [2.75, 3.05) is 19.0 Å². The van der Waals surface area contributed by atoms with Gasteiger partial charge < -0.3 is 14.8 Å². The third-order valence-electron chi connectivity index (χ3n) is 4.19. The Morgan fingerprint density at radius 2 is 1.86 bits per heavy atom. The van der Waals surface area contributed by atoms with Crippen LogP contribution in [0.1, 0.15) is 19.4 Å². The zero-order valence-corrected chi connectivity index (χ0v) is 16.2. The van der Waals surface area contributed by atoms with Crippen LogP contribution in [0.3, 0.4) is 0 Å². The molecule has 0 fully saturated rings. The molecule has 0 aliphatic carbocycles. The van der Waals surface area contributed by atoms with Crippen LogP contribution in [0, 0.1) is 11.6 Å². The number of nitrogens with one attached hydrogen (secondary N) is 1. The number of hydrogen-bond acceptors (Lipinski definition) is 4. The van der Waals surface area contributed by atoms with E-state index in [1.54, 1.807) is 37.9 Å². The third kappa shape index (κ3) is 6.35. The smallest absolute Gasteiger partial charge is 0.387 e. The summed E-state index contributed by atoms with van der Waals surface area (Å²) >= 11 is 0. The van der Waals surface area contributed by atoms with E-state index in [2.05, 4.69) is 10.1 Å². The molecule has 0 spiro atoms. The average molecular weight is 414 g/mol. The van der Waals surface area contributed by atoms with Gasteiger partial charge in [0.15, 0.2) is 11.5 Å². The standard InChI is InChI=1S/C20H22F4N2O3/c1-4-28-18-9-13(5-8-17(18)29-20(23)24)11-26(3)12(2)19(27)25-16-7-6-14(21)10-15(16)22/h5-10,12,20H,4,11H2,1-3H3,(H,25,27). The Morgan fingerprint density at radius 3 is 2.48 bits per heavy atom. The minimum absolute atomic E-state index is 0.0779. The number of nitrogens with zero attached hydrogens (tertiary/aromatic N) is 1. The molecule has 29 heavy (non-hydrogen) atoms. The molecule has 9 heteroatoms. The fourth-order valence-electron chi connectivity index (χ4n) is 2.57. The summed E-state index contributed by atoms with van der Waals surface area (Å²) in [6.45, 7) is 0.912. The second-order valence-corrected chi connectivity index (χ2v) is 6.30. The van der Waals surface area contributed by atoms with Gasteiger partial charge in [-0.1, -0.05) is 6.07 Å². The Kier molecular flexibility index (Phi) is 7.83. The van der Waals surface area contributed by atoms with Gasteiger partial charge in [0.25, 0.3) is 0 Å². The maximum atomic E-state index is 13.7. The lowest BCUT2D eigenvalue weighted by molar-refractivity contribution is -0.120. The molecule has 0 bridgehead atoms. The number of carbonyl (C=O) groups is 1. The van der Waals surface area contributed by atoms with Gasteiger partial charge in [0.05, 0.1) is 18.3 Å². The molecule has 0 aromatic heterocycles. The predicted molar refractivity (Wildman–Crippen MR) is 100 cm³/mol. The first-order valence-electron chi connectivity index (χ1n) is 8.88. The number of benzene rings is 2. The summed E-state index contributed by atoms with van der Waals surface area (Å²) in [7, 11) is 1.68. The molecule has 0 aliphatic heterocycles. The predicted octanol–water partition coefficient (Wildman–Crippen LogP) is 4.42. The maximum absolute atomic E-state index is 13.7. The number of halogens is 4. The lowest BCUT2D eigenvalue weighted by Crippen LogP contribution is -2.39. The van der Waals surface area contributed by atoms with Crippen LogP contribution in [0.15, 0.2) is 36.4 Å². The average Bonchev–Trinajstić information content (AvgIpc) is 2.65. The van der Waals surface area contributed by atoms with Crippen molar-refractivity contribution in [1.82, 2.24) is 4.90 Å². The molecule has 2 aromatic carbocycles. The van der Waals surface area contributed by atoms with E-state index in [-0.39, 0.29) is 30.3 Å². The fourth-order valence-corrected chi connectivity index (χ4v) is 2.57. The minimum atomic E-state index is -2.97. The van der Waals surface area contributed by atoms with Crippen molar-refractivity contribution >= 4 is 11.6 Å². The summed E-state index contributed by atoms with van der Waals surface area (Å²) in [5.74, 6) is -2.00. The van der Waals surface area contributed by atoms with Crippen molar-refractivity contribution in [3.05, 3.63) is 53.6 Å². The van der Waals surface area contributed by atoms with Gasteiger partial charge in [-0.05, 0) is 50.7 Å². The summed E-state index contributed by atoms with van der Waals surface area (Å²) in [6.07, 6.45) is 0. The number of rotatable bonds is 9. The molecule has 1 N–H and O–H groups in total. The van der Waals surface area contributed by atoms with Gasteiger partial charge in [-0.25, -0.2) is 8.78 Å². The van der Waals surface area contributed by atoms with Crippen LogP contribution in [0.25, 0.3) is 0 Å². The van der Waals surface area contributed by atoms with Crippen molar-refractivity contribution in [2.45, 2.75) is 33.0 Å². The fraction of sp³-hybridized carbons (Fsp3) is 0.350. The second-order valence-electron chi connectivity index (χ2n) is 6.30. The summed E-state index contributed by atoms with van der Waals surface area (Å²) < 4.78 is 61.5. The van der Waals surface area contributed by atoms with Gasteiger partial charge in [-0.15, -0.1) is 0 Å². The van der Waals surface area contributed by atoms with E-state index in [4.69, 9.17) is 4.74 Å². The van der Waals surface area contributed by atoms with E-state index in [0.29, 0.717) is 11.6 Å². The highest BCUT2D eigenvalue weighted by molar-refractivity contribution is 5.94. The highest BCUT2D eigenvalue weighted by atomic mass is 19.3. The molecule has 1 atom stereocenters. The highest BCUT2D eigenvalue weighted by Gasteiger charge is 2.20. The zero-order chi connectivity index (χ0) is 21.6. The van der Waals surface area contributed by atoms with Crippen LogP contribution >= 0.6 is 0 Å². The van der Waals surface area contributed by atoms with Crippen LogP contribution in [-0.4, -0.2) is 37.1 Å². The number of alkyl halides is 2. The molecule has 0 heterocycles. The Hall–Kier alpha value is -2.81. The highest BCUT2D eigenvalue weighted by Crippen LogP contribution is 2.30. The maximum Gasteiger partial charge on any atom is 0.387 e. The lowest BCUT2D eigenvalue weighted by Gasteiger charge is -2.24. The lowest BCUT2D eigenvalue weighted by atomic mass is 10.1. The van der Waals surface area contributed by atoms with Crippen LogP contribution in [0.5, 0.6) is 11.5 Å². The van der Waals surface area contributed by atoms with Crippen molar-refractivity contribution in [3.63, 3.8) is 0 Å². The topological polar surface area (TPSA) is 50.8 Å². The third-order valence-corrected chi connectivity index (χ3v) is 4.19. The number of likely N-dealkylation sites (N-methyl/N-ethyl adjacent to an activating group) is 1. The molecule has 0 saturated heterocycles. The summed E-state index contributed by atoms with van der Waals surface area (Å²) in [6, 6.07) is 6.73. The quantitative estimate of drug-likeness (QED) is 0.617. The Balaban J connectivity index is 2.06. The molecule has 158 valence electrons. The number of amides is 1. The molecular formula is C20H22F4N2O3. The zero-order valence-electron chi connectivity index (χ0n) is 16.2. The molecular weight excluding hydrogens is 392 g/mol. The number of anilines is 1. The first-order chi connectivity index (χ1) is 13.7. The van der Waals surface area contributed by atoms with E-state index in [1.807, 2.05) is 0 Å². The molecule has 0 saturated carbocycles. The van der Waals surface area contributed by atoms with E-state index < -0.39 is 30.2 Å². The molecule has 5 nitrogen and oxygen atoms in total. The van der Waals surface area contributed by atoms with E-state index in [0.717, 1.165) is 12.1 Å². The van der Waals surface area contributed by atoms with Crippen LogP contribution in [-0.2, 0) is 11.3 Å². The van der Waals surface area contributed by atoms with Crippen molar-refractivity contribution in [1.29, 1.82) is 0 Å². The first kappa shape index (κ1) is 22.5. The summed E-state index contributed by atoms with van der Waals surface area (Å²) in [5, 5.41) is 2.42. The molecule has 0 aliphatic rings. The summed E-state index contributed by atoms with van der Waals surface area (Å²) in [4.78, 5) is 14.1.